The smallest absolute Gasteiger partial charge is 0.119 e. The molecule has 0 amide bonds. The van der Waals surface area contributed by atoms with Crippen molar-refractivity contribution in [3.05, 3.63) is 102 Å². The van der Waals surface area contributed by atoms with Crippen LogP contribution >= 0.6 is 0 Å². The van der Waals surface area contributed by atoms with Gasteiger partial charge in [0.05, 0.1) is 12.7 Å². The Morgan fingerprint density at radius 1 is 0.781 bits per heavy atom. The van der Waals surface area contributed by atoms with E-state index in [4.69, 9.17) is 9.47 Å². The van der Waals surface area contributed by atoms with Crippen LogP contribution in [0.15, 0.2) is 84.9 Å². The third-order valence-electron chi connectivity index (χ3n) is 5.31. The highest BCUT2D eigenvalue weighted by molar-refractivity contribution is 5.30. The van der Waals surface area contributed by atoms with Crippen LogP contribution in [0, 0.1) is 0 Å². The van der Waals surface area contributed by atoms with Crippen molar-refractivity contribution < 1.29 is 14.6 Å². The minimum Gasteiger partial charge on any atom is -0.491 e. The summed E-state index contributed by atoms with van der Waals surface area (Å²) in [5, 5.41) is 11.0. The predicted octanol–water partition coefficient (Wildman–Crippen LogP) is 5.62. The lowest BCUT2D eigenvalue weighted by Gasteiger charge is -2.26. The third-order valence-corrected chi connectivity index (χ3v) is 5.31. The molecule has 3 aromatic rings. The second-order valence-electron chi connectivity index (χ2n) is 8.04. The van der Waals surface area contributed by atoms with Gasteiger partial charge in [-0.05, 0) is 35.2 Å². The number of rotatable bonds is 14. The molecule has 0 saturated carbocycles. The van der Waals surface area contributed by atoms with Crippen LogP contribution in [-0.4, -0.2) is 36.4 Å². The molecular formula is C28H35NO3. The number of aliphatic hydroxyl groups excluding tert-OH is 1. The Balaban J connectivity index is 1.60. The van der Waals surface area contributed by atoms with E-state index < -0.39 is 6.10 Å². The highest BCUT2D eigenvalue weighted by atomic mass is 16.5. The van der Waals surface area contributed by atoms with E-state index in [0.717, 1.165) is 43.9 Å². The van der Waals surface area contributed by atoms with E-state index in [1.54, 1.807) is 0 Å². The molecule has 0 spiro atoms. The average molecular weight is 434 g/mol. The van der Waals surface area contributed by atoms with Crippen LogP contribution in [0.25, 0.3) is 0 Å². The first-order valence-corrected chi connectivity index (χ1v) is 11.5. The maximum atomic E-state index is 11.0. The highest BCUT2D eigenvalue weighted by Crippen LogP contribution is 2.22. The van der Waals surface area contributed by atoms with Gasteiger partial charge in [-0.2, -0.15) is 0 Å². The summed E-state index contributed by atoms with van der Waals surface area (Å²) in [5.74, 6) is 0.762. The van der Waals surface area contributed by atoms with Gasteiger partial charge in [0.2, 0.25) is 0 Å². The Bertz CT molecular complexity index is 844. The van der Waals surface area contributed by atoms with E-state index >= 15 is 0 Å². The first-order valence-electron chi connectivity index (χ1n) is 11.5. The normalized spacial score (nSPS) is 12.1. The van der Waals surface area contributed by atoms with E-state index in [9.17, 15) is 5.11 Å². The summed E-state index contributed by atoms with van der Waals surface area (Å²) >= 11 is 0. The number of hydrogen-bond acceptors (Lipinski definition) is 4. The average Bonchev–Trinajstić information content (AvgIpc) is 2.83. The van der Waals surface area contributed by atoms with E-state index in [-0.39, 0.29) is 0 Å². The molecule has 0 bridgehead atoms. The summed E-state index contributed by atoms with van der Waals surface area (Å²) in [5.41, 5.74) is 3.33. The SMILES string of the molecule is CCCCOCCOc1cccc([C@H](O)CN(Cc2ccccc2)Cc2ccccc2)c1. The van der Waals surface area contributed by atoms with Crippen LogP contribution < -0.4 is 4.74 Å². The zero-order valence-corrected chi connectivity index (χ0v) is 19.0. The van der Waals surface area contributed by atoms with Crippen LogP contribution in [0.5, 0.6) is 5.75 Å². The van der Waals surface area contributed by atoms with Gasteiger partial charge in [0.15, 0.2) is 0 Å². The van der Waals surface area contributed by atoms with Crippen LogP contribution in [0.4, 0.5) is 0 Å². The van der Waals surface area contributed by atoms with Gasteiger partial charge >= 0.3 is 0 Å². The lowest BCUT2D eigenvalue weighted by Crippen LogP contribution is -2.28. The molecule has 0 radical (unpaired) electrons. The van der Waals surface area contributed by atoms with Gasteiger partial charge < -0.3 is 14.6 Å². The van der Waals surface area contributed by atoms with Gasteiger partial charge in [0, 0.05) is 26.2 Å². The van der Waals surface area contributed by atoms with Gasteiger partial charge in [-0.3, -0.25) is 4.90 Å². The lowest BCUT2D eigenvalue weighted by atomic mass is 10.1. The number of unbranched alkanes of at least 4 members (excludes halogenated alkanes) is 1. The molecule has 170 valence electrons. The van der Waals surface area contributed by atoms with Crippen molar-refractivity contribution in [1.29, 1.82) is 0 Å². The van der Waals surface area contributed by atoms with E-state index in [1.807, 2.05) is 36.4 Å². The van der Waals surface area contributed by atoms with Crippen molar-refractivity contribution in [2.45, 2.75) is 39.0 Å². The van der Waals surface area contributed by atoms with E-state index in [2.05, 4.69) is 60.4 Å². The number of ether oxygens (including phenoxy) is 2. The van der Waals surface area contributed by atoms with Crippen molar-refractivity contribution in [3.63, 3.8) is 0 Å². The Hall–Kier alpha value is -2.66. The van der Waals surface area contributed by atoms with Crippen molar-refractivity contribution in [3.8, 4) is 5.75 Å². The summed E-state index contributed by atoms with van der Waals surface area (Å²) in [6.45, 7) is 6.10. The molecule has 0 aliphatic heterocycles. The fourth-order valence-electron chi connectivity index (χ4n) is 3.60. The monoisotopic (exact) mass is 433 g/mol. The molecule has 0 aliphatic carbocycles. The third kappa shape index (κ3) is 8.46. The van der Waals surface area contributed by atoms with Crippen molar-refractivity contribution in [1.82, 2.24) is 4.90 Å². The standard InChI is InChI=1S/C28H35NO3/c1-2-3-17-31-18-19-32-27-16-10-15-26(20-27)28(30)23-29(21-24-11-6-4-7-12-24)22-25-13-8-5-9-14-25/h4-16,20,28,30H,2-3,17-19,21-23H2,1H3/t28-/m1/s1. The summed E-state index contributed by atoms with van der Waals surface area (Å²) in [6, 6.07) is 28.5. The van der Waals surface area contributed by atoms with Crippen molar-refractivity contribution in [2.24, 2.45) is 0 Å². The predicted molar refractivity (Wildman–Crippen MR) is 130 cm³/mol. The topological polar surface area (TPSA) is 41.9 Å². The second-order valence-corrected chi connectivity index (χ2v) is 8.04. The molecule has 0 unspecified atom stereocenters. The number of nitrogens with zero attached hydrogens (tertiary/aromatic N) is 1. The molecule has 32 heavy (non-hydrogen) atoms. The quantitative estimate of drug-likeness (QED) is 0.335. The molecule has 1 N–H and O–H groups in total. The van der Waals surface area contributed by atoms with Crippen LogP contribution in [0.1, 0.15) is 42.6 Å². The Morgan fingerprint density at radius 3 is 2.06 bits per heavy atom. The Morgan fingerprint density at radius 2 is 1.44 bits per heavy atom. The van der Waals surface area contributed by atoms with Gasteiger partial charge in [0.25, 0.3) is 0 Å². The fourth-order valence-corrected chi connectivity index (χ4v) is 3.60. The van der Waals surface area contributed by atoms with E-state index in [1.165, 1.54) is 11.1 Å². The van der Waals surface area contributed by atoms with Crippen LogP contribution in [0.2, 0.25) is 0 Å². The zero-order chi connectivity index (χ0) is 22.4. The number of aliphatic hydroxyl groups is 1. The Labute approximate surface area is 192 Å². The van der Waals surface area contributed by atoms with E-state index in [0.29, 0.717) is 19.8 Å². The van der Waals surface area contributed by atoms with Gasteiger partial charge in [-0.25, -0.2) is 0 Å². The molecule has 0 aromatic heterocycles. The molecule has 0 fully saturated rings. The number of benzene rings is 3. The first kappa shape index (κ1) is 24.0. The summed E-state index contributed by atoms with van der Waals surface area (Å²) < 4.78 is 11.4. The largest absolute Gasteiger partial charge is 0.491 e. The van der Waals surface area contributed by atoms with Gasteiger partial charge in [-0.15, -0.1) is 0 Å². The second kappa shape index (κ2) is 13.7. The highest BCUT2D eigenvalue weighted by Gasteiger charge is 2.15. The minimum atomic E-state index is -0.605. The molecule has 4 heteroatoms. The zero-order valence-electron chi connectivity index (χ0n) is 19.0. The van der Waals surface area contributed by atoms with Crippen LogP contribution in [-0.2, 0) is 17.8 Å². The number of hydrogen-bond donors (Lipinski definition) is 1. The van der Waals surface area contributed by atoms with Gasteiger partial charge in [0.1, 0.15) is 12.4 Å². The lowest BCUT2D eigenvalue weighted by molar-refractivity contribution is 0.0967. The molecular weight excluding hydrogens is 398 g/mol. The molecule has 3 rings (SSSR count). The van der Waals surface area contributed by atoms with Gasteiger partial charge in [-0.1, -0.05) is 86.1 Å². The molecule has 3 aromatic carbocycles. The summed E-state index contributed by atoms with van der Waals surface area (Å²) in [7, 11) is 0. The molecule has 0 saturated heterocycles. The molecule has 0 heterocycles. The van der Waals surface area contributed by atoms with Crippen molar-refractivity contribution >= 4 is 0 Å². The first-order chi connectivity index (χ1) is 15.7. The Kier molecular flexibility index (Phi) is 10.3. The molecule has 1 atom stereocenters. The van der Waals surface area contributed by atoms with Crippen molar-refractivity contribution in [2.75, 3.05) is 26.4 Å². The maximum absolute atomic E-state index is 11.0. The summed E-state index contributed by atoms with van der Waals surface area (Å²) in [4.78, 5) is 2.28. The minimum absolute atomic E-state index is 0.511. The molecule has 4 nitrogen and oxygen atoms in total. The summed E-state index contributed by atoms with van der Waals surface area (Å²) in [6.07, 6.45) is 1.60. The molecule has 0 aliphatic rings. The fraction of sp³-hybridized carbons (Fsp3) is 0.357. The van der Waals surface area contributed by atoms with Crippen LogP contribution in [0.3, 0.4) is 0 Å². The maximum Gasteiger partial charge on any atom is 0.119 e.